The Kier molecular flexibility index (Phi) is 4.11. The van der Waals surface area contributed by atoms with E-state index >= 15 is 0 Å². The number of carboxylic acids is 1. The zero-order chi connectivity index (χ0) is 14.8. The smallest absolute Gasteiger partial charge is 0.329 e. The van der Waals surface area contributed by atoms with Gasteiger partial charge in [0.05, 0.1) is 5.69 Å². The van der Waals surface area contributed by atoms with Gasteiger partial charge in [-0.05, 0) is 33.1 Å². The molecular weight excluding hydrogens is 260 g/mol. The molecule has 0 saturated heterocycles. The van der Waals surface area contributed by atoms with Crippen LogP contribution in [0.2, 0.25) is 0 Å². The van der Waals surface area contributed by atoms with Crippen LogP contribution in [0.1, 0.15) is 49.1 Å². The first-order chi connectivity index (χ1) is 9.44. The van der Waals surface area contributed by atoms with E-state index in [1.807, 2.05) is 13.8 Å². The molecule has 0 atom stereocenters. The summed E-state index contributed by atoms with van der Waals surface area (Å²) < 4.78 is 5.04. The van der Waals surface area contributed by atoms with Gasteiger partial charge in [0.25, 0.3) is 0 Å². The Labute approximate surface area is 117 Å². The summed E-state index contributed by atoms with van der Waals surface area (Å²) in [5.74, 6) is -0.445. The largest absolute Gasteiger partial charge is 0.480 e. The Balaban J connectivity index is 1.94. The van der Waals surface area contributed by atoms with Crippen molar-refractivity contribution < 1.29 is 19.2 Å². The molecule has 1 aliphatic rings. The van der Waals surface area contributed by atoms with E-state index in [0.29, 0.717) is 25.0 Å². The van der Waals surface area contributed by atoms with Crippen LogP contribution in [-0.2, 0) is 16.0 Å². The average molecular weight is 280 g/mol. The molecule has 2 rings (SSSR count). The van der Waals surface area contributed by atoms with Gasteiger partial charge in [-0.25, -0.2) is 4.79 Å². The zero-order valence-electron chi connectivity index (χ0n) is 11.9. The fourth-order valence-corrected chi connectivity index (χ4v) is 2.80. The normalized spacial score (nSPS) is 17.1. The number of carboxylic acid groups (broad SMARTS) is 1. The second-order valence-corrected chi connectivity index (χ2v) is 5.45. The molecule has 1 amide bonds. The lowest BCUT2D eigenvalue weighted by Crippen LogP contribution is -2.52. The van der Waals surface area contributed by atoms with Crippen molar-refractivity contribution in [3.63, 3.8) is 0 Å². The van der Waals surface area contributed by atoms with E-state index in [9.17, 15) is 14.7 Å². The number of carbonyl (C=O) groups excluding carboxylic acids is 1. The van der Waals surface area contributed by atoms with E-state index in [-0.39, 0.29) is 12.3 Å². The van der Waals surface area contributed by atoms with E-state index < -0.39 is 11.5 Å². The van der Waals surface area contributed by atoms with Crippen molar-refractivity contribution in [2.45, 2.75) is 57.9 Å². The minimum absolute atomic E-state index is 0.227. The van der Waals surface area contributed by atoms with E-state index in [2.05, 4.69) is 10.5 Å². The van der Waals surface area contributed by atoms with E-state index in [1.165, 1.54) is 0 Å². The summed E-state index contributed by atoms with van der Waals surface area (Å²) in [5, 5.41) is 15.9. The van der Waals surface area contributed by atoms with E-state index in [1.54, 1.807) is 0 Å². The minimum Gasteiger partial charge on any atom is -0.480 e. The Morgan fingerprint density at radius 3 is 2.50 bits per heavy atom. The predicted molar refractivity (Wildman–Crippen MR) is 71.3 cm³/mol. The van der Waals surface area contributed by atoms with Crippen LogP contribution < -0.4 is 5.32 Å². The molecule has 110 valence electrons. The zero-order valence-corrected chi connectivity index (χ0v) is 11.9. The first-order valence-corrected chi connectivity index (χ1v) is 6.91. The number of hydrogen-bond donors (Lipinski definition) is 2. The fraction of sp³-hybridized carbons (Fsp3) is 0.643. The van der Waals surface area contributed by atoms with Crippen molar-refractivity contribution in [2.24, 2.45) is 0 Å². The van der Waals surface area contributed by atoms with E-state index in [4.69, 9.17) is 4.52 Å². The maximum Gasteiger partial charge on any atom is 0.329 e. The highest BCUT2D eigenvalue weighted by Crippen LogP contribution is 2.30. The summed E-state index contributed by atoms with van der Waals surface area (Å²) in [6.07, 6.45) is 3.48. The Morgan fingerprint density at radius 1 is 1.35 bits per heavy atom. The highest BCUT2D eigenvalue weighted by molar-refractivity contribution is 5.87. The number of nitrogens with zero attached hydrogens (tertiary/aromatic N) is 1. The fourth-order valence-electron chi connectivity index (χ4n) is 2.80. The second kappa shape index (κ2) is 5.64. The van der Waals surface area contributed by atoms with Gasteiger partial charge in [-0.2, -0.15) is 0 Å². The van der Waals surface area contributed by atoms with Crippen molar-refractivity contribution in [3.8, 4) is 0 Å². The molecule has 1 heterocycles. The number of aryl methyl sites for hydroxylation is 2. The van der Waals surface area contributed by atoms with Gasteiger partial charge in [0, 0.05) is 12.0 Å². The van der Waals surface area contributed by atoms with E-state index in [0.717, 1.165) is 24.1 Å². The molecule has 0 bridgehead atoms. The van der Waals surface area contributed by atoms with Gasteiger partial charge in [-0.3, -0.25) is 4.79 Å². The molecule has 1 aromatic rings. The quantitative estimate of drug-likeness (QED) is 0.857. The SMILES string of the molecule is Cc1noc(C)c1CCC(=O)NC1(C(=O)O)CCCC1. The van der Waals surface area contributed by atoms with Crippen LogP contribution >= 0.6 is 0 Å². The molecule has 6 nitrogen and oxygen atoms in total. The van der Waals surface area contributed by atoms with Crippen molar-refractivity contribution in [1.82, 2.24) is 10.5 Å². The highest BCUT2D eigenvalue weighted by atomic mass is 16.5. The second-order valence-electron chi connectivity index (χ2n) is 5.45. The molecule has 1 saturated carbocycles. The highest BCUT2D eigenvalue weighted by Gasteiger charge is 2.42. The van der Waals surface area contributed by atoms with Gasteiger partial charge in [0.1, 0.15) is 11.3 Å². The number of amides is 1. The Hall–Kier alpha value is -1.85. The molecular formula is C14H20N2O4. The van der Waals surface area contributed by atoms with Crippen molar-refractivity contribution >= 4 is 11.9 Å². The van der Waals surface area contributed by atoms with Crippen LogP contribution in [0.4, 0.5) is 0 Å². The number of rotatable bonds is 5. The Bertz CT molecular complexity index is 496. The van der Waals surface area contributed by atoms with Gasteiger partial charge in [-0.1, -0.05) is 18.0 Å². The lowest BCUT2D eigenvalue weighted by Gasteiger charge is -2.25. The molecule has 0 spiro atoms. The molecule has 1 aliphatic carbocycles. The number of aliphatic carboxylic acids is 1. The summed E-state index contributed by atoms with van der Waals surface area (Å²) in [5.41, 5.74) is 0.649. The maximum atomic E-state index is 12.0. The molecule has 20 heavy (non-hydrogen) atoms. The summed E-state index contributed by atoms with van der Waals surface area (Å²) in [7, 11) is 0. The minimum atomic E-state index is -1.06. The molecule has 1 aromatic heterocycles. The molecule has 2 N–H and O–H groups in total. The summed E-state index contributed by atoms with van der Waals surface area (Å²) in [6.45, 7) is 3.64. The lowest BCUT2D eigenvalue weighted by atomic mass is 9.97. The molecule has 0 unspecified atom stereocenters. The molecule has 6 heteroatoms. The number of carbonyl (C=O) groups is 2. The maximum absolute atomic E-state index is 12.0. The third-order valence-corrected chi connectivity index (χ3v) is 4.03. The van der Waals surface area contributed by atoms with Crippen LogP contribution in [-0.4, -0.2) is 27.7 Å². The van der Waals surface area contributed by atoms with Crippen LogP contribution in [0.15, 0.2) is 4.52 Å². The van der Waals surface area contributed by atoms with Crippen molar-refractivity contribution in [3.05, 3.63) is 17.0 Å². The summed E-state index contributed by atoms with van der Waals surface area (Å²) >= 11 is 0. The Morgan fingerprint density at radius 2 is 2.00 bits per heavy atom. The number of nitrogens with one attached hydrogen (secondary N) is 1. The number of hydrogen-bond acceptors (Lipinski definition) is 4. The topological polar surface area (TPSA) is 92.4 Å². The van der Waals surface area contributed by atoms with Crippen LogP contribution in [0.3, 0.4) is 0 Å². The summed E-state index contributed by atoms with van der Waals surface area (Å²) in [4.78, 5) is 23.4. The van der Waals surface area contributed by atoms with Gasteiger partial charge in [0.15, 0.2) is 0 Å². The third kappa shape index (κ3) is 2.84. The first-order valence-electron chi connectivity index (χ1n) is 6.91. The lowest BCUT2D eigenvalue weighted by molar-refractivity contribution is -0.147. The van der Waals surface area contributed by atoms with Gasteiger partial charge in [0.2, 0.25) is 5.91 Å². The van der Waals surface area contributed by atoms with Crippen molar-refractivity contribution in [1.29, 1.82) is 0 Å². The molecule has 0 aliphatic heterocycles. The van der Waals surface area contributed by atoms with Crippen LogP contribution in [0.25, 0.3) is 0 Å². The molecule has 1 fully saturated rings. The molecule has 0 aromatic carbocycles. The standard InChI is InChI=1S/C14H20N2O4/c1-9-11(10(2)20-16-9)5-6-12(17)15-14(13(18)19)7-3-4-8-14/h3-8H2,1-2H3,(H,15,17)(H,18,19). The van der Waals surface area contributed by atoms with Gasteiger partial charge < -0.3 is 14.9 Å². The van der Waals surface area contributed by atoms with Crippen molar-refractivity contribution in [2.75, 3.05) is 0 Å². The van der Waals surface area contributed by atoms with Crippen LogP contribution in [0, 0.1) is 13.8 Å². The monoisotopic (exact) mass is 280 g/mol. The predicted octanol–water partition coefficient (Wildman–Crippen LogP) is 1.74. The first kappa shape index (κ1) is 14.6. The van der Waals surface area contributed by atoms with Crippen LogP contribution in [0.5, 0.6) is 0 Å². The average Bonchev–Trinajstić information content (AvgIpc) is 2.97. The van der Waals surface area contributed by atoms with Gasteiger partial charge >= 0.3 is 5.97 Å². The number of aromatic nitrogens is 1. The third-order valence-electron chi connectivity index (χ3n) is 4.03. The molecule has 0 radical (unpaired) electrons. The van der Waals surface area contributed by atoms with Gasteiger partial charge in [-0.15, -0.1) is 0 Å². The summed E-state index contributed by atoms with van der Waals surface area (Å²) in [6, 6.07) is 0.